The number of anilines is 1. The molecule has 1 aromatic carbocycles. The Morgan fingerprint density at radius 3 is 2.74 bits per heavy atom. The van der Waals surface area contributed by atoms with Crippen LogP contribution >= 0.6 is 0 Å². The van der Waals surface area contributed by atoms with Crippen LogP contribution in [-0.2, 0) is 17.0 Å². The Bertz CT molecular complexity index is 1040. The van der Waals surface area contributed by atoms with E-state index in [1.54, 1.807) is 7.05 Å². The van der Waals surface area contributed by atoms with Crippen LogP contribution in [0.25, 0.3) is 6.08 Å². The predicted octanol–water partition coefficient (Wildman–Crippen LogP) is 2.24. The van der Waals surface area contributed by atoms with Gasteiger partial charge in [-0.25, -0.2) is 22.5 Å². The number of amides is 1. The van der Waals surface area contributed by atoms with Crippen molar-refractivity contribution in [2.45, 2.75) is 24.0 Å². The molecule has 0 spiro atoms. The Hall–Kier alpha value is -2.56. The second-order valence-electron chi connectivity index (χ2n) is 6.25. The lowest BCUT2D eigenvalue weighted by atomic mass is 10.1. The van der Waals surface area contributed by atoms with Crippen LogP contribution in [0.2, 0.25) is 0 Å². The van der Waals surface area contributed by atoms with Crippen molar-refractivity contribution in [1.29, 1.82) is 4.78 Å². The SMILES string of the molecule is CC(O)C1C=Cc2c(cn(C)c2C(=O)Nc2ccc(F)c(F)c2)S(=N)(=O)N1. The molecule has 1 aliphatic rings. The molecule has 0 saturated heterocycles. The number of carbonyl (C=O) groups excluding carboxylic acids is 1. The van der Waals surface area contributed by atoms with Gasteiger partial charge in [-0.05, 0) is 19.1 Å². The first-order chi connectivity index (χ1) is 12.6. The van der Waals surface area contributed by atoms with Crippen molar-refractivity contribution in [2.75, 3.05) is 5.32 Å². The molecule has 3 rings (SSSR count). The highest BCUT2D eigenvalue weighted by molar-refractivity contribution is 7.90. The molecular formula is C17H18F2N4O3S. The van der Waals surface area contributed by atoms with Crippen LogP contribution < -0.4 is 10.0 Å². The van der Waals surface area contributed by atoms with Crippen LogP contribution in [0.1, 0.15) is 23.0 Å². The van der Waals surface area contributed by atoms with Crippen molar-refractivity contribution < 1.29 is 22.9 Å². The molecule has 0 radical (unpaired) electrons. The summed E-state index contributed by atoms with van der Waals surface area (Å²) in [5, 5.41) is 12.2. The summed E-state index contributed by atoms with van der Waals surface area (Å²) in [6, 6.07) is 2.23. The van der Waals surface area contributed by atoms with E-state index in [1.165, 1.54) is 35.9 Å². The fourth-order valence-corrected chi connectivity index (χ4v) is 4.37. The quantitative estimate of drug-likeness (QED) is 0.639. The van der Waals surface area contributed by atoms with Crippen LogP contribution in [0, 0.1) is 16.4 Å². The number of hydrogen-bond donors (Lipinski definition) is 4. The molecule has 1 aliphatic heterocycles. The van der Waals surface area contributed by atoms with E-state index in [-0.39, 0.29) is 21.8 Å². The maximum atomic E-state index is 13.4. The van der Waals surface area contributed by atoms with Gasteiger partial charge in [0.15, 0.2) is 11.6 Å². The van der Waals surface area contributed by atoms with Gasteiger partial charge >= 0.3 is 0 Å². The number of benzene rings is 1. The average Bonchev–Trinajstić information content (AvgIpc) is 2.85. The molecule has 4 N–H and O–H groups in total. The zero-order chi connectivity index (χ0) is 19.9. The first-order valence-corrected chi connectivity index (χ1v) is 9.54. The van der Waals surface area contributed by atoms with Crippen LogP contribution in [-0.4, -0.2) is 31.9 Å². The van der Waals surface area contributed by atoms with Gasteiger partial charge in [0, 0.05) is 30.6 Å². The van der Waals surface area contributed by atoms with Gasteiger partial charge in [0.05, 0.1) is 17.0 Å². The standard InChI is InChI=1S/C17H18F2N4O3S/c1-9(24)14-6-4-11-15(27(20,26)22-14)8-23(2)16(11)17(25)21-10-3-5-12(18)13(19)7-10/h3-9,14,24H,1-2H3,(H,21,25)(H2,20,22,26). The van der Waals surface area contributed by atoms with Crippen LogP contribution in [0.15, 0.2) is 35.4 Å². The Labute approximate surface area is 154 Å². The summed E-state index contributed by atoms with van der Waals surface area (Å²) in [5.74, 6) is -2.77. The molecular weight excluding hydrogens is 378 g/mol. The third kappa shape index (κ3) is 3.64. The molecule has 27 heavy (non-hydrogen) atoms. The lowest BCUT2D eigenvalue weighted by Gasteiger charge is -2.17. The summed E-state index contributed by atoms with van der Waals surface area (Å²) in [4.78, 5) is 12.8. The molecule has 10 heteroatoms. The Balaban J connectivity index is 2.03. The van der Waals surface area contributed by atoms with E-state index in [4.69, 9.17) is 4.78 Å². The number of hydrogen-bond acceptors (Lipinski definition) is 4. The monoisotopic (exact) mass is 396 g/mol. The van der Waals surface area contributed by atoms with E-state index in [1.807, 2.05) is 0 Å². The maximum Gasteiger partial charge on any atom is 0.272 e. The number of halogens is 2. The largest absolute Gasteiger partial charge is 0.391 e. The molecule has 0 fully saturated rings. The lowest BCUT2D eigenvalue weighted by molar-refractivity contribution is 0.101. The molecule has 7 nitrogen and oxygen atoms in total. The van der Waals surface area contributed by atoms with Gasteiger partial charge in [0.1, 0.15) is 15.6 Å². The molecule has 0 bridgehead atoms. The molecule has 2 heterocycles. The topological polar surface area (TPSA) is 107 Å². The molecule has 1 amide bonds. The fourth-order valence-electron chi connectivity index (χ4n) is 2.81. The Morgan fingerprint density at radius 2 is 2.11 bits per heavy atom. The number of nitrogens with zero attached hydrogens (tertiary/aromatic N) is 1. The molecule has 0 aliphatic carbocycles. The third-order valence-corrected chi connectivity index (χ3v) is 5.73. The molecule has 0 saturated carbocycles. The summed E-state index contributed by atoms with van der Waals surface area (Å²) in [6.45, 7) is 1.49. The molecule has 2 aromatic rings. The van der Waals surface area contributed by atoms with E-state index < -0.39 is 39.6 Å². The summed E-state index contributed by atoms with van der Waals surface area (Å²) in [7, 11) is -1.93. The summed E-state index contributed by atoms with van der Waals surface area (Å²) in [6.07, 6.45) is 3.54. The first kappa shape index (κ1) is 19.2. The van der Waals surface area contributed by atoms with E-state index in [0.717, 1.165) is 12.1 Å². The first-order valence-electron chi connectivity index (χ1n) is 7.98. The smallest absolute Gasteiger partial charge is 0.272 e. The van der Waals surface area contributed by atoms with Gasteiger partial charge in [-0.1, -0.05) is 12.2 Å². The Morgan fingerprint density at radius 1 is 1.41 bits per heavy atom. The number of aliphatic hydroxyl groups excluding tert-OH is 1. The van der Waals surface area contributed by atoms with E-state index in [9.17, 15) is 22.9 Å². The number of aromatic nitrogens is 1. The highest BCUT2D eigenvalue weighted by Gasteiger charge is 2.29. The highest BCUT2D eigenvalue weighted by Crippen LogP contribution is 2.28. The maximum absolute atomic E-state index is 13.4. The van der Waals surface area contributed by atoms with Crippen molar-refractivity contribution in [2.24, 2.45) is 7.05 Å². The summed E-state index contributed by atoms with van der Waals surface area (Å²) in [5.41, 5.74) is 0.408. The number of fused-ring (bicyclic) bond motifs is 1. The van der Waals surface area contributed by atoms with Gasteiger partial charge in [-0.2, -0.15) is 0 Å². The second kappa shape index (κ2) is 6.87. The lowest BCUT2D eigenvalue weighted by Crippen LogP contribution is -2.39. The molecule has 1 aromatic heterocycles. The van der Waals surface area contributed by atoms with E-state index in [2.05, 4.69) is 10.0 Å². The van der Waals surface area contributed by atoms with Gasteiger partial charge in [0.2, 0.25) is 0 Å². The third-order valence-electron chi connectivity index (χ3n) is 4.18. The minimum absolute atomic E-state index is 0.0537. The van der Waals surface area contributed by atoms with Gasteiger partial charge in [0.25, 0.3) is 5.91 Å². The van der Waals surface area contributed by atoms with Crippen LogP contribution in [0.4, 0.5) is 14.5 Å². The number of rotatable bonds is 3. The Kier molecular flexibility index (Phi) is 4.89. The average molecular weight is 396 g/mol. The zero-order valence-corrected chi connectivity index (χ0v) is 15.3. The predicted molar refractivity (Wildman–Crippen MR) is 96.5 cm³/mol. The molecule has 3 unspecified atom stereocenters. The number of aryl methyl sites for hydroxylation is 1. The minimum atomic E-state index is -3.48. The number of carbonyl (C=O) groups is 1. The van der Waals surface area contributed by atoms with Gasteiger partial charge < -0.3 is 15.0 Å². The van der Waals surface area contributed by atoms with Crippen molar-refractivity contribution in [3.05, 3.63) is 53.4 Å². The van der Waals surface area contributed by atoms with Crippen molar-refractivity contribution >= 4 is 27.6 Å². The minimum Gasteiger partial charge on any atom is -0.391 e. The van der Waals surface area contributed by atoms with E-state index >= 15 is 0 Å². The van der Waals surface area contributed by atoms with Crippen LogP contribution in [0.5, 0.6) is 0 Å². The normalized spacial score (nSPS) is 22.8. The van der Waals surface area contributed by atoms with E-state index in [0.29, 0.717) is 0 Å². The van der Waals surface area contributed by atoms with Crippen LogP contribution in [0.3, 0.4) is 0 Å². The zero-order valence-electron chi connectivity index (χ0n) is 14.5. The molecule has 144 valence electrons. The summed E-state index contributed by atoms with van der Waals surface area (Å²) >= 11 is 0. The van der Waals surface area contributed by atoms with Crippen molar-refractivity contribution in [3.8, 4) is 0 Å². The van der Waals surface area contributed by atoms with Gasteiger partial charge in [-0.3, -0.25) is 4.79 Å². The fraction of sp³-hybridized carbons (Fsp3) is 0.235. The van der Waals surface area contributed by atoms with Crippen molar-refractivity contribution in [3.63, 3.8) is 0 Å². The number of aliphatic hydroxyl groups is 1. The number of nitrogens with one attached hydrogen (secondary N) is 3. The summed E-state index contributed by atoms with van der Waals surface area (Å²) < 4.78 is 51.3. The van der Waals surface area contributed by atoms with Gasteiger partial charge in [-0.15, -0.1) is 0 Å². The molecule has 3 atom stereocenters. The second-order valence-corrected chi connectivity index (χ2v) is 8.04. The highest BCUT2D eigenvalue weighted by atomic mass is 32.2. The van der Waals surface area contributed by atoms with Crippen molar-refractivity contribution in [1.82, 2.24) is 9.29 Å².